The summed E-state index contributed by atoms with van der Waals surface area (Å²) >= 11 is 0. The van der Waals surface area contributed by atoms with Crippen LogP contribution in [0.3, 0.4) is 0 Å². The highest BCUT2D eigenvalue weighted by Crippen LogP contribution is 2.36. The number of ketones is 1. The van der Waals surface area contributed by atoms with E-state index in [1.807, 2.05) is 36.4 Å². The summed E-state index contributed by atoms with van der Waals surface area (Å²) in [5.74, 6) is -1.50. The van der Waals surface area contributed by atoms with Gasteiger partial charge in [-0.05, 0) is 12.5 Å². The van der Waals surface area contributed by atoms with Gasteiger partial charge in [0.05, 0.1) is 19.7 Å². The number of amides is 1. The minimum atomic E-state index is -1.04. The Kier molecular flexibility index (Phi) is 8.15. The van der Waals surface area contributed by atoms with Gasteiger partial charge in [0.2, 0.25) is 11.7 Å². The van der Waals surface area contributed by atoms with Crippen LogP contribution >= 0.6 is 0 Å². The van der Waals surface area contributed by atoms with Crippen molar-refractivity contribution < 1.29 is 33.1 Å². The molecule has 3 saturated heterocycles. The third-order valence-electron chi connectivity index (χ3n) is 7.17. The standard InChI is InChI=1S/C28H32N2O6/c1-2-35-26(33)17-25(32)29-27(22-11-7-4-8-12-22)28(34)36-24-19-30(15-13-21(24)14-16-30)18-23(31)20-9-5-3-6-10-20/h3-12,21,24,27H,2,13-19H2,1H3/p+1. The molecule has 2 unspecified atom stereocenters. The molecule has 2 aromatic rings. The number of nitrogens with one attached hydrogen (secondary N) is 1. The zero-order valence-corrected chi connectivity index (χ0v) is 20.6. The van der Waals surface area contributed by atoms with Gasteiger partial charge in [-0.3, -0.25) is 14.4 Å². The van der Waals surface area contributed by atoms with E-state index in [1.165, 1.54) is 0 Å². The minimum absolute atomic E-state index is 0.0921. The monoisotopic (exact) mass is 493 g/mol. The van der Waals surface area contributed by atoms with E-state index in [-0.39, 0.29) is 24.4 Å². The fourth-order valence-corrected chi connectivity index (χ4v) is 5.29. The zero-order valence-electron chi connectivity index (χ0n) is 20.6. The molecule has 0 spiro atoms. The number of nitrogens with zero attached hydrogens (tertiary/aromatic N) is 1. The number of rotatable bonds is 10. The highest BCUT2D eigenvalue weighted by Gasteiger charge is 2.49. The lowest BCUT2D eigenvalue weighted by Crippen LogP contribution is -2.66. The van der Waals surface area contributed by atoms with Crippen molar-refractivity contribution in [3.8, 4) is 0 Å². The smallest absolute Gasteiger partial charge is 0.333 e. The van der Waals surface area contributed by atoms with Crippen LogP contribution in [0.25, 0.3) is 0 Å². The number of hydrogen-bond acceptors (Lipinski definition) is 6. The van der Waals surface area contributed by atoms with Crippen LogP contribution in [0.5, 0.6) is 0 Å². The first-order chi connectivity index (χ1) is 17.4. The lowest BCUT2D eigenvalue weighted by Gasteiger charge is -2.51. The number of benzene rings is 2. The number of fused-ring (bicyclic) bond motifs is 3. The fraction of sp³-hybridized carbons (Fsp3) is 0.429. The Labute approximate surface area is 211 Å². The molecule has 0 aliphatic carbocycles. The minimum Gasteiger partial charge on any atom is -0.466 e. The van der Waals surface area contributed by atoms with Gasteiger partial charge in [0, 0.05) is 24.3 Å². The van der Waals surface area contributed by atoms with E-state index < -0.39 is 30.3 Å². The Hall–Kier alpha value is -3.52. The molecule has 190 valence electrons. The second kappa shape index (κ2) is 11.5. The van der Waals surface area contributed by atoms with Crippen molar-refractivity contribution in [2.75, 3.05) is 32.8 Å². The van der Waals surface area contributed by atoms with Crippen LogP contribution in [0.1, 0.15) is 48.1 Å². The van der Waals surface area contributed by atoms with E-state index in [2.05, 4.69) is 5.32 Å². The third-order valence-corrected chi connectivity index (χ3v) is 7.17. The van der Waals surface area contributed by atoms with Gasteiger partial charge in [0.15, 0.2) is 12.1 Å². The Morgan fingerprint density at radius 3 is 2.25 bits per heavy atom. The van der Waals surface area contributed by atoms with Crippen molar-refractivity contribution in [1.82, 2.24) is 5.32 Å². The SMILES string of the molecule is CCOC(=O)CC(=O)NC(C(=O)OC1C[N+]2(CC(=O)c3ccccc3)CCC1CC2)c1ccccc1. The molecule has 3 aliphatic rings. The number of Topliss-reactive ketones (excluding diaryl/α,β-unsaturated/α-hetero) is 1. The number of esters is 2. The Balaban J connectivity index is 1.45. The molecule has 8 nitrogen and oxygen atoms in total. The summed E-state index contributed by atoms with van der Waals surface area (Å²) in [6, 6.07) is 17.1. The lowest BCUT2D eigenvalue weighted by atomic mass is 9.82. The Bertz CT molecular complexity index is 1080. The molecule has 1 N–H and O–H groups in total. The summed E-state index contributed by atoms with van der Waals surface area (Å²) in [7, 11) is 0. The van der Waals surface area contributed by atoms with Crippen molar-refractivity contribution in [3.05, 3.63) is 71.8 Å². The van der Waals surface area contributed by atoms with E-state index in [1.54, 1.807) is 31.2 Å². The number of hydrogen-bond donors (Lipinski definition) is 1. The predicted octanol–water partition coefficient (Wildman–Crippen LogP) is 2.83. The van der Waals surface area contributed by atoms with E-state index in [9.17, 15) is 19.2 Å². The topological polar surface area (TPSA) is 98.8 Å². The fourth-order valence-electron chi connectivity index (χ4n) is 5.29. The molecular weight excluding hydrogens is 460 g/mol. The maximum Gasteiger partial charge on any atom is 0.333 e. The highest BCUT2D eigenvalue weighted by molar-refractivity contribution is 5.97. The first kappa shape index (κ1) is 25.6. The summed E-state index contributed by atoms with van der Waals surface area (Å²) in [5, 5.41) is 2.65. The van der Waals surface area contributed by atoms with Crippen LogP contribution in [0.15, 0.2) is 60.7 Å². The number of carbonyl (C=O) groups excluding carboxylic acids is 4. The third kappa shape index (κ3) is 6.18. The highest BCUT2D eigenvalue weighted by atomic mass is 16.5. The molecule has 0 saturated carbocycles. The second-order valence-electron chi connectivity index (χ2n) is 9.62. The summed E-state index contributed by atoms with van der Waals surface area (Å²) in [6.45, 7) is 4.56. The number of carbonyl (C=O) groups is 4. The van der Waals surface area contributed by atoms with Gasteiger partial charge >= 0.3 is 11.9 Å². The number of ether oxygens (including phenoxy) is 2. The van der Waals surface area contributed by atoms with Gasteiger partial charge < -0.3 is 19.3 Å². The largest absolute Gasteiger partial charge is 0.466 e. The van der Waals surface area contributed by atoms with Gasteiger partial charge in [0.1, 0.15) is 19.5 Å². The zero-order chi connectivity index (χ0) is 25.5. The predicted molar refractivity (Wildman–Crippen MR) is 132 cm³/mol. The molecule has 2 atom stereocenters. The molecule has 1 amide bonds. The maximum absolute atomic E-state index is 13.4. The molecule has 8 heteroatoms. The van der Waals surface area contributed by atoms with Crippen LogP contribution in [0.4, 0.5) is 0 Å². The summed E-state index contributed by atoms with van der Waals surface area (Å²) < 4.78 is 11.5. The van der Waals surface area contributed by atoms with Crippen LogP contribution < -0.4 is 5.32 Å². The van der Waals surface area contributed by atoms with Crippen molar-refractivity contribution in [1.29, 1.82) is 0 Å². The van der Waals surface area contributed by atoms with Gasteiger partial charge in [-0.2, -0.15) is 0 Å². The van der Waals surface area contributed by atoms with Gasteiger partial charge in [0.25, 0.3) is 0 Å². The quantitative estimate of drug-likeness (QED) is 0.237. The normalized spacial score (nSPS) is 23.4. The Morgan fingerprint density at radius 2 is 1.61 bits per heavy atom. The lowest BCUT2D eigenvalue weighted by molar-refractivity contribution is -0.938. The molecule has 3 aliphatic heterocycles. The molecule has 0 radical (unpaired) electrons. The van der Waals surface area contributed by atoms with Gasteiger partial charge in [-0.1, -0.05) is 60.7 Å². The van der Waals surface area contributed by atoms with E-state index in [4.69, 9.17) is 9.47 Å². The van der Waals surface area contributed by atoms with Crippen molar-refractivity contribution >= 4 is 23.6 Å². The molecule has 3 heterocycles. The molecule has 5 rings (SSSR count). The van der Waals surface area contributed by atoms with Crippen LogP contribution in [-0.2, 0) is 23.9 Å². The van der Waals surface area contributed by atoms with Crippen LogP contribution in [0.2, 0.25) is 0 Å². The molecule has 36 heavy (non-hydrogen) atoms. The van der Waals surface area contributed by atoms with Crippen molar-refractivity contribution in [2.24, 2.45) is 5.92 Å². The molecule has 0 aromatic heterocycles. The maximum atomic E-state index is 13.4. The average molecular weight is 494 g/mol. The van der Waals surface area contributed by atoms with Gasteiger partial charge in [-0.25, -0.2) is 4.79 Å². The summed E-state index contributed by atoms with van der Waals surface area (Å²) in [6.07, 6.45) is 0.950. The van der Waals surface area contributed by atoms with Crippen LogP contribution in [-0.4, -0.2) is 67.0 Å². The van der Waals surface area contributed by atoms with Crippen molar-refractivity contribution in [3.63, 3.8) is 0 Å². The molecule has 2 bridgehead atoms. The van der Waals surface area contributed by atoms with Crippen LogP contribution in [0, 0.1) is 5.92 Å². The molecular formula is C28H33N2O6+. The second-order valence-corrected chi connectivity index (χ2v) is 9.62. The average Bonchev–Trinajstić information content (AvgIpc) is 2.89. The van der Waals surface area contributed by atoms with Crippen molar-refractivity contribution in [2.45, 2.75) is 38.3 Å². The number of quaternary nitrogens is 1. The molecule has 2 aromatic carbocycles. The van der Waals surface area contributed by atoms with Gasteiger partial charge in [-0.15, -0.1) is 0 Å². The van der Waals surface area contributed by atoms with E-state index in [0.29, 0.717) is 28.7 Å². The first-order valence-corrected chi connectivity index (χ1v) is 12.5. The van der Waals surface area contributed by atoms with E-state index >= 15 is 0 Å². The first-order valence-electron chi connectivity index (χ1n) is 12.5. The molecule has 3 fully saturated rings. The summed E-state index contributed by atoms with van der Waals surface area (Å²) in [4.78, 5) is 50.5. The Morgan fingerprint density at radius 1 is 0.972 bits per heavy atom. The number of piperidine rings is 3. The van der Waals surface area contributed by atoms with E-state index in [0.717, 1.165) is 25.9 Å². The summed E-state index contributed by atoms with van der Waals surface area (Å²) in [5.41, 5.74) is 1.27.